The SMILES string of the molecule is Cc1ccc(-n2nc(C(C)(C)C)cc2NC(=O)Nc2ccccc2C(C(=O)C2CCCCC2)C2CCNCC2)cc1. The van der Waals surface area contributed by atoms with Crippen LogP contribution in [0, 0.1) is 18.8 Å². The molecule has 3 aromatic rings. The second-order valence-electron chi connectivity index (χ2n) is 12.9. The number of piperidine rings is 1. The summed E-state index contributed by atoms with van der Waals surface area (Å²) in [6.45, 7) is 10.2. The smallest absolute Gasteiger partial charge is 0.317 e. The first-order valence-electron chi connectivity index (χ1n) is 15.3. The van der Waals surface area contributed by atoms with Crippen molar-refractivity contribution in [1.29, 1.82) is 0 Å². The molecule has 1 aliphatic carbocycles. The molecular weight excluding hydrogens is 510 g/mol. The summed E-state index contributed by atoms with van der Waals surface area (Å²) in [5, 5.41) is 14.5. The maximum atomic E-state index is 14.1. The van der Waals surface area contributed by atoms with Crippen molar-refractivity contribution in [2.24, 2.45) is 11.8 Å². The largest absolute Gasteiger partial charge is 0.324 e. The summed E-state index contributed by atoms with van der Waals surface area (Å²) in [5.41, 5.74) is 4.38. The number of nitrogens with zero attached hydrogens (tertiary/aromatic N) is 2. The van der Waals surface area contributed by atoms with Gasteiger partial charge in [0.15, 0.2) is 0 Å². The summed E-state index contributed by atoms with van der Waals surface area (Å²) in [7, 11) is 0. The summed E-state index contributed by atoms with van der Waals surface area (Å²) in [6, 6.07) is 17.6. The van der Waals surface area contributed by atoms with Crippen molar-refractivity contribution >= 4 is 23.3 Å². The minimum absolute atomic E-state index is 0.116. The van der Waals surface area contributed by atoms with Crippen molar-refractivity contribution in [3.05, 3.63) is 71.4 Å². The fourth-order valence-electron chi connectivity index (χ4n) is 6.33. The minimum atomic E-state index is -0.347. The number of Topliss-reactive ketones (excluding diaryl/α,β-unsaturated/α-hetero) is 1. The van der Waals surface area contributed by atoms with E-state index in [1.165, 1.54) is 6.42 Å². The highest BCUT2D eigenvalue weighted by Crippen LogP contribution is 2.40. The number of nitrogens with one attached hydrogen (secondary N) is 3. The van der Waals surface area contributed by atoms with Gasteiger partial charge in [-0.1, -0.05) is 75.9 Å². The van der Waals surface area contributed by atoms with Crippen LogP contribution >= 0.6 is 0 Å². The Morgan fingerprint density at radius 3 is 2.29 bits per heavy atom. The van der Waals surface area contributed by atoms with Crippen molar-refractivity contribution < 1.29 is 9.59 Å². The fraction of sp³-hybridized carbons (Fsp3) is 0.500. The molecule has 1 aliphatic heterocycles. The van der Waals surface area contributed by atoms with E-state index < -0.39 is 0 Å². The average molecular weight is 556 g/mol. The number of carbonyl (C=O) groups excluding carboxylic acids is 2. The van der Waals surface area contributed by atoms with E-state index in [4.69, 9.17) is 5.10 Å². The molecular formula is C34H45N5O2. The molecule has 2 amide bonds. The normalized spacial score (nSPS) is 17.7. The van der Waals surface area contributed by atoms with Gasteiger partial charge in [-0.25, -0.2) is 9.48 Å². The maximum Gasteiger partial charge on any atom is 0.324 e. The van der Waals surface area contributed by atoms with E-state index in [0.29, 0.717) is 17.3 Å². The van der Waals surface area contributed by atoms with Crippen LogP contribution in [0.1, 0.15) is 88.5 Å². The average Bonchev–Trinajstić information content (AvgIpc) is 3.40. The Morgan fingerprint density at radius 2 is 1.61 bits per heavy atom. The molecule has 1 saturated heterocycles. The van der Waals surface area contributed by atoms with Crippen LogP contribution in [-0.4, -0.2) is 34.7 Å². The minimum Gasteiger partial charge on any atom is -0.317 e. The molecule has 1 atom stereocenters. The van der Waals surface area contributed by atoms with Crippen LogP contribution in [0.15, 0.2) is 54.6 Å². The van der Waals surface area contributed by atoms with E-state index >= 15 is 0 Å². The van der Waals surface area contributed by atoms with Gasteiger partial charge in [-0.2, -0.15) is 5.10 Å². The fourth-order valence-corrected chi connectivity index (χ4v) is 6.33. The zero-order valence-electron chi connectivity index (χ0n) is 25.0. The Kier molecular flexibility index (Phi) is 8.93. The number of urea groups is 1. The van der Waals surface area contributed by atoms with Gasteiger partial charge in [0.05, 0.1) is 11.4 Å². The monoisotopic (exact) mass is 555 g/mol. The molecule has 0 radical (unpaired) electrons. The lowest BCUT2D eigenvalue weighted by Gasteiger charge is -2.34. The van der Waals surface area contributed by atoms with Gasteiger partial charge in [-0.05, 0) is 75.4 Å². The molecule has 218 valence electrons. The van der Waals surface area contributed by atoms with Crippen LogP contribution in [0.4, 0.5) is 16.3 Å². The molecule has 2 fully saturated rings. The second kappa shape index (κ2) is 12.6. The van der Waals surface area contributed by atoms with Gasteiger partial charge in [0, 0.05) is 29.0 Å². The van der Waals surface area contributed by atoms with Crippen molar-refractivity contribution in [2.45, 2.75) is 84.0 Å². The van der Waals surface area contributed by atoms with Crippen molar-refractivity contribution in [3.63, 3.8) is 0 Å². The molecule has 7 heteroatoms. The summed E-state index contributed by atoms with van der Waals surface area (Å²) in [6.07, 6.45) is 7.37. The zero-order chi connectivity index (χ0) is 29.0. The van der Waals surface area contributed by atoms with Gasteiger partial charge in [0.2, 0.25) is 0 Å². The number of hydrogen-bond acceptors (Lipinski definition) is 4. The van der Waals surface area contributed by atoms with Crippen molar-refractivity contribution in [1.82, 2.24) is 15.1 Å². The maximum absolute atomic E-state index is 14.1. The molecule has 0 spiro atoms. The third kappa shape index (κ3) is 6.89. The highest BCUT2D eigenvalue weighted by Gasteiger charge is 2.36. The summed E-state index contributed by atoms with van der Waals surface area (Å²) < 4.78 is 1.79. The second-order valence-corrected chi connectivity index (χ2v) is 12.9. The van der Waals surface area contributed by atoms with Crippen LogP contribution in [0.5, 0.6) is 0 Å². The summed E-state index contributed by atoms with van der Waals surface area (Å²) in [5.74, 6) is 1.14. The van der Waals surface area contributed by atoms with Crippen LogP contribution in [0.2, 0.25) is 0 Å². The van der Waals surface area contributed by atoms with E-state index in [9.17, 15) is 9.59 Å². The number of ketones is 1. The van der Waals surface area contributed by atoms with Gasteiger partial charge >= 0.3 is 6.03 Å². The first-order valence-corrected chi connectivity index (χ1v) is 15.3. The number of aromatic nitrogens is 2. The lowest BCUT2D eigenvalue weighted by Crippen LogP contribution is -2.36. The number of rotatable bonds is 7. The van der Waals surface area contributed by atoms with Gasteiger partial charge in [0.1, 0.15) is 11.6 Å². The zero-order valence-corrected chi connectivity index (χ0v) is 25.0. The van der Waals surface area contributed by atoms with Gasteiger partial charge < -0.3 is 10.6 Å². The molecule has 1 saturated carbocycles. The predicted octanol–water partition coefficient (Wildman–Crippen LogP) is 7.35. The first kappa shape index (κ1) is 29.1. The van der Waals surface area contributed by atoms with Crippen LogP contribution in [0.3, 0.4) is 0 Å². The molecule has 5 rings (SSSR count). The first-order chi connectivity index (χ1) is 19.7. The van der Waals surface area contributed by atoms with E-state index in [1.807, 2.05) is 61.5 Å². The van der Waals surface area contributed by atoms with E-state index in [0.717, 1.165) is 74.1 Å². The highest BCUT2D eigenvalue weighted by molar-refractivity contribution is 6.01. The van der Waals surface area contributed by atoms with E-state index in [-0.39, 0.29) is 29.2 Å². The Balaban J connectivity index is 1.42. The van der Waals surface area contributed by atoms with Crippen molar-refractivity contribution in [2.75, 3.05) is 23.7 Å². The van der Waals surface area contributed by atoms with Crippen molar-refractivity contribution in [3.8, 4) is 5.69 Å². The highest BCUT2D eigenvalue weighted by atomic mass is 16.2. The lowest BCUT2D eigenvalue weighted by molar-refractivity contribution is -0.126. The number of para-hydroxylation sites is 1. The third-order valence-electron chi connectivity index (χ3n) is 8.71. The number of aryl methyl sites for hydroxylation is 1. The number of carbonyl (C=O) groups is 2. The summed E-state index contributed by atoms with van der Waals surface area (Å²) >= 11 is 0. The van der Waals surface area contributed by atoms with Crippen LogP contribution in [-0.2, 0) is 10.2 Å². The number of anilines is 2. The molecule has 2 aromatic carbocycles. The van der Waals surface area contributed by atoms with E-state index in [2.05, 4.69) is 36.7 Å². The van der Waals surface area contributed by atoms with Crippen LogP contribution in [0.25, 0.3) is 5.69 Å². The Morgan fingerprint density at radius 1 is 0.927 bits per heavy atom. The van der Waals surface area contributed by atoms with E-state index in [1.54, 1.807) is 4.68 Å². The quantitative estimate of drug-likeness (QED) is 0.284. The van der Waals surface area contributed by atoms with Gasteiger partial charge in [-0.3, -0.25) is 10.1 Å². The number of hydrogen-bond donors (Lipinski definition) is 3. The van der Waals surface area contributed by atoms with Gasteiger partial charge in [-0.15, -0.1) is 0 Å². The molecule has 1 unspecified atom stereocenters. The standard InChI is InChI=1S/C34H45N5O2/c1-23-14-16-26(17-15-23)39-30(22-29(38-39)34(2,3)4)37-33(41)36-28-13-9-8-12-27(28)31(24-18-20-35-21-19-24)32(40)25-10-6-5-7-11-25/h8-9,12-17,22,24-25,31,35H,5-7,10-11,18-21H2,1-4H3,(H2,36,37,41). The number of amides is 2. The van der Waals surface area contributed by atoms with Gasteiger partial charge in [0.25, 0.3) is 0 Å². The lowest BCUT2D eigenvalue weighted by atomic mass is 9.71. The molecule has 2 heterocycles. The Bertz CT molecular complexity index is 1340. The molecule has 0 bridgehead atoms. The number of benzene rings is 2. The molecule has 2 aliphatic rings. The molecule has 1 aromatic heterocycles. The molecule has 7 nitrogen and oxygen atoms in total. The molecule has 3 N–H and O–H groups in total. The van der Waals surface area contributed by atoms with Crippen LogP contribution < -0.4 is 16.0 Å². The Labute approximate surface area is 244 Å². The third-order valence-corrected chi connectivity index (χ3v) is 8.71. The molecule has 41 heavy (non-hydrogen) atoms. The topological polar surface area (TPSA) is 88.1 Å². The predicted molar refractivity (Wildman–Crippen MR) is 166 cm³/mol. The Hall–Kier alpha value is -3.45. The summed E-state index contributed by atoms with van der Waals surface area (Å²) in [4.78, 5) is 27.6.